The Hall–Kier alpha value is -1.56. The molecule has 0 saturated carbocycles. The fourth-order valence-corrected chi connectivity index (χ4v) is 2.15. The zero-order valence-corrected chi connectivity index (χ0v) is 10.3. The molecule has 1 aromatic carbocycles. The highest BCUT2D eigenvalue weighted by atomic mass is 35.5. The summed E-state index contributed by atoms with van der Waals surface area (Å²) in [5.74, 6) is 0. The Morgan fingerprint density at radius 1 is 1.18 bits per heavy atom. The molecular formula is C13H8Cl2N2. The quantitative estimate of drug-likeness (QED) is 0.817. The fraction of sp³-hybridized carbons (Fsp3) is 0.0769. The van der Waals surface area contributed by atoms with Crippen LogP contribution in [-0.4, -0.2) is 4.98 Å². The maximum absolute atomic E-state index is 8.67. The normalized spacial score (nSPS) is 9.94. The van der Waals surface area contributed by atoms with Crippen LogP contribution in [0.2, 0.25) is 10.0 Å². The number of rotatable bonds is 2. The van der Waals surface area contributed by atoms with Gasteiger partial charge in [0.05, 0.1) is 28.2 Å². The van der Waals surface area contributed by atoms with Crippen LogP contribution in [0, 0.1) is 11.3 Å². The third-order valence-corrected chi connectivity index (χ3v) is 2.96. The predicted molar refractivity (Wildman–Crippen MR) is 69.0 cm³/mol. The molecule has 17 heavy (non-hydrogen) atoms. The van der Waals surface area contributed by atoms with E-state index in [2.05, 4.69) is 11.1 Å². The highest BCUT2D eigenvalue weighted by Gasteiger charge is 2.09. The van der Waals surface area contributed by atoms with Gasteiger partial charge < -0.3 is 0 Å². The summed E-state index contributed by atoms with van der Waals surface area (Å²) in [5.41, 5.74) is 2.29. The fourth-order valence-electron chi connectivity index (χ4n) is 1.55. The molecule has 2 nitrogen and oxygen atoms in total. The van der Waals surface area contributed by atoms with Crippen molar-refractivity contribution >= 4 is 23.2 Å². The van der Waals surface area contributed by atoms with Gasteiger partial charge in [-0.2, -0.15) is 5.26 Å². The monoisotopic (exact) mass is 262 g/mol. The minimum absolute atomic E-state index is 0.345. The van der Waals surface area contributed by atoms with Crippen molar-refractivity contribution in [3.8, 4) is 17.3 Å². The van der Waals surface area contributed by atoms with E-state index in [0.717, 1.165) is 5.56 Å². The number of hydrogen-bond donors (Lipinski definition) is 0. The number of halogens is 2. The molecule has 2 aromatic rings. The summed E-state index contributed by atoms with van der Waals surface area (Å²) in [6.07, 6.45) is 2.00. The van der Waals surface area contributed by atoms with Gasteiger partial charge >= 0.3 is 0 Å². The van der Waals surface area contributed by atoms with E-state index in [1.54, 1.807) is 30.5 Å². The average Bonchev–Trinajstić information content (AvgIpc) is 2.30. The van der Waals surface area contributed by atoms with Crippen molar-refractivity contribution in [3.63, 3.8) is 0 Å². The zero-order chi connectivity index (χ0) is 12.3. The first-order valence-electron chi connectivity index (χ1n) is 4.98. The van der Waals surface area contributed by atoms with Crippen LogP contribution in [0.3, 0.4) is 0 Å². The summed E-state index contributed by atoms with van der Waals surface area (Å²) in [5, 5.41) is 9.78. The summed E-state index contributed by atoms with van der Waals surface area (Å²) in [4.78, 5) is 4.24. The Morgan fingerprint density at radius 3 is 2.53 bits per heavy atom. The van der Waals surface area contributed by atoms with E-state index < -0.39 is 0 Å². The highest BCUT2D eigenvalue weighted by molar-refractivity contribution is 6.39. The van der Waals surface area contributed by atoms with Crippen molar-refractivity contribution in [3.05, 3.63) is 52.1 Å². The molecule has 0 fully saturated rings. The third kappa shape index (κ3) is 2.58. The van der Waals surface area contributed by atoms with Gasteiger partial charge in [0.15, 0.2) is 0 Å². The van der Waals surface area contributed by atoms with Gasteiger partial charge in [0.1, 0.15) is 0 Å². The van der Waals surface area contributed by atoms with E-state index >= 15 is 0 Å². The van der Waals surface area contributed by atoms with Gasteiger partial charge in [0.2, 0.25) is 0 Å². The molecule has 1 heterocycles. The first kappa shape index (κ1) is 11.9. The first-order chi connectivity index (χ1) is 8.22. The van der Waals surface area contributed by atoms with Crippen molar-refractivity contribution in [1.82, 2.24) is 4.98 Å². The lowest BCUT2D eigenvalue weighted by atomic mass is 10.1. The van der Waals surface area contributed by atoms with Crippen LogP contribution in [-0.2, 0) is 6.42 Å². The van der Waals surface area contributed by atoms with E-state index in [0.29, 0.717) is 27.7 Å². The van der Waals surface area contributed by atoms with Crippen LogP contribution in [0.1, 0.15) is 5.56 Å². The Balaban J connectivity index is 2.54. The maximum atomic E-state index is 8.67. The van der Waals surface area contributed by atoms with Crippen LogP contribution in [0.15, 0.2) is 36.5 Å². The minimum Gasteiger partial charge on any atom is -0.256 e. The van der Waals surface area contributed by atoms with Crippen molar-refractivity contribution < 1.29 is 0 Å². The molecule has 0 N–H and O–H groups in total. The molecule has 0 spiro atoms. The average molecular weight is 263 g/mol. The van der Waals surface area contributed by atoms with Gasteiger partial charge in [-0.15, -0.1) is 0 Å². The molecule has 0 bridgehead atoms. The molecule has 0 radical (unpaired) electrons. The second-order valence-corrected chi connectivity index (χ2v) is 4.30. The smallest absolute Gasteiger partial charge is 0.0735 e. The van der Waals surface area contributed by atoms with Crippen LogP contribution >= 0.6 is 23.2 Å². The van der Waals surface area contributed by atoms with Crippen LogP contribution in [0.5, 0.6) is 0 Å². The number of nitrogens with zero attached hydrogens (tertiary/aromatic N) is 2. The third-order valence-electron chi connectivity index (χ3n) is 2.33. The van der Waals surface area contributed by atoms with Crippen LogP contribution in [0.25, 0.3) is 11.3 Å². The zero-order valence-electron chi connectivity index (χ0n) is 8.82. The molecular weight excluding hydrogens is 255 g/mol. The molecule has 0 saturated heterocycles. The second-order valence-electron chi connectivity index (χ2n) is 3.48. The Kier molecular flexibility index (Phi) is 3.63. The van der Waals surface area contributed by atoms with Gasteiger partial charge in [-0.3, -0.25) is 4.98 Å². The van der Waals surface area contributed by atoms with Crippen molar-refractivity contribution in [2.75, 3.05) is 0 Å². The number of benzene rings is 1. The molecule has 0 unspecified atom stereocenters. The molecule has 0 atom stereocenters. The van der Waals surface area contributed by atoms with Gasteiger partial charge in [0.25, 0.3) is 0 Å². The predicted octanol–water partition coefficient (Wildman–Crippen LogP) is 4.12. The summed E-state index contributed by atoms with van der Waals surface area (Å²) in [7, 11) is 0. The molecule has 2 rings (SSSR count). The lowest BCUT2D eigenvalue weighted by Gasteiger charge is -2.06. The highest BCUT2D eigenvalue weighted by Crippen LogP contribution is 2.33. The minimum atomic E-state index is 0.345. The van der Waals surface area contributed by atoms with Crippen LogP contribution in [0.4, 0.5) is 0 Å². The second kappa shape index (κ2) is 5.18. The van der Waals surface area contributed by atoms with Gasteiger partial charge in [-0.1, -0.05) is 29.3 Å². The summed E-state index contributed by atoms with van der Waals surface area (Å²) < 4.78 is 0. The summed E-state index contributed by atoms with van der Waals surface area (Å²) in [6.45, 7) is 0. The van der Waals surface area contributed by atoms with E-state index in [4.69, 9.17) is 28.5 Å². The molecule has 0 aliphatic rings. The van der Waals surface area contributed by atoms with E-state index in [1.807, 2.05) is 6.07 Å². The number of nitriles is 1. The van der Waals surface area contributed by atoms with Crippen molar-refractivity contribution in [2.24, 2.45) is 0 Å². The maximum Gasteiger partial charge on any atom is 0.0735 e. The molecule has 84 valence electrons. The Bertz CT molecular complexity index is 568. The standard InChI is InChI=1S/C13H8Cl2N2/c14-10-2-1-3-11(15)13(10)12-8-9(4-6-16)5-7-17-12/h1-3,5,7-8H,4H2. The SMILES string of the molecule is N#CCc1ccnc(-c2c(Cl)cccc2Cl)c1. The van der Waals surface area contributed by atoms with E-state index in [9.17, 15) is 0 Å². The molecule has 4 heteroatoms. The molecule has 0 aliphatic heterocycles. The summed E-state index contributed by atoms with van der Waals surface area (Å²) >= 11 is 12.2. The largest absolute Gasteiger partial charge is 0.256 e. The Labute approximate surface area is 109 Å². The topological polar surface area (TPSA) is 36.7 Å². The molecule has 0 aliphatic carbocycles. The van der Waals surface area contributed by atoms with Crippen molar-refractivity contribution in [1.29, 1.82) is 5.26 Å². The molecule has 0 amide bonds. The lowest BCUT2D eigenvalue weighted by Crippen LogP contribution is -1.89. The lowest BCUT2D eigenvalue weighted by molar-refractivity contribution is 1.21. The first-order valence-corrected chi connectivity index (χ1v) is 5.74. The number of hydrogen-bond acceptors (Lipinski definition) is 2. The Morgan fingerprint density at radius 2 is 1.88 bits per heavy atom. The van der Waals surface area contributed by atoms with Crippen molar-refractivity contribution in [2.45, 2.75) is 6.42 Å². The number of pyridine rings is 1. The van der Waals surface area contributed by atoms with Gasteiger partial charge in [-0.25, -0.2) is 0 Å². The number of aromatic nitrogens is 1. The van der Waals surface area contributed by atoms with Crippen LogP contribution < -0.4 is 0 Å². The van der Waals surface area contributed by atoms with E-state index in [-0.39, 0.29) is 0 Å². The van der Waals surface area contributed by atoms with Gasteiger partial charge in [-0.05, 0) is 29.8 Å². The van der Waals surface area contributed by atoms with Gasteiger partial charge in [0, 0.05) is 11.8 Å². The summed E-state index contributed by atoms with van der Waals surface area (Å²) in [6, 6.07) is 11.0. The molecule has 1 aromatic heterocycles. The van der Waals surface area contributed by atoms with E-state index in [1.165, 1.54) is 0 Å².